The standard InChI is InChI=1S/C14H14FNO/c1-14(17,12-3-2-8-16-10-12)9-11-4-6-13(15)7-5-11/h2-8,10,17H,9H2,1H3. The van der Waals surface area contributed by atoms with Gasteiger partial charge in [-0.1, -0.05) is 18.2 Å². The van der Waals surface area contributed by atoms with Crippen molar-refractivity contribution in [2.24, 2.45) is 0 Å². The third kappa shape index (κ3) is 2.88. The van der Waals surface area contributed by atoms with Gasteiger partial charge in [-0.3, -0.25) is 4.98 Å². The van der Waals surface area contributed by atoms with Gasteiger partial charge in [-0.05, 0) is 30.7 Å². The zero-order valence-electron chi connectivity index (χ0n) is 9.60. The van der Waals surface area contributed by atoms with E-state index < -0.39 is 5.60 Å². The van der Waals surface area contributed by atoms with Gasteiger partial charge in [0.1, 0.15) is 5.82 Å². The minimum Gasteiger partial charge on any atom is -0.385 e. The van der Waals surface area contributed by atoms with Gasteiger partial charge >= 0.3 is 0 Å². The monoisotopic (exact) mass is 231 g/mol. The van der Waals surface area contributed by atoms with E-state index in [2.05, 4.69) is 4.98 Å². The molecule has 3 heteroatoms. The summed E-state index contributed by atoms with van der Waals surface area (Å²) in [7, 11) is 0. The van der Waals surface area contributed by atoms with Gasteiger partial charge in [-0.2, -0.15) is 0 Å². The summed E-state index contributed by atoms with van der Waals surface area (Å²) in [5.41, 5.74) is 0.649. The van der Waals surface area contributed by atoms with Crippen LogP contribution in [0.5, 0.6) is 0 Å². The normalized spacial score (nSPS) is 14.3. The molecule has 0 fully saturated rings. The predicted molar refractivity (Wildman–Crippen MR) is 63.9 cm³/mol. The fourth-order valence-corrected chi connectivity index (χ4v) is 1.78. The van der Waals surface area contributed by atoms with Crippen LogP contribution in [0.25, 0.3) is 0 Å². The Morgan fingerprint density at radius 3 is 2.53 bits per heavy atom. The molecule has 1 atom stereocenters. The zero-order valence-corrected chi connectivity index (χ0v) is 9.60. The average Bonchev–Trinajstić information content (AvgIpc) is 2.33. The van der Waals surface area contributed by atoms with Crippen molar-refractivity contribution in [3.8, 4) is 0 Å². The molecular formula is C14H14FNO. The Morgan fingerprint density at radius 2 is 1.94 bits per heavy atom. The lowest BCUT2D eigenvalue weighted by atomic mass is 9.90. The molecule has 0 bridgehead atoms. The van der Waals surface area contributed by atoms with Crippen LogP contribution < -0.4 is 0 Å². The summed E-state index contributed by atoms with van der Waals surface area (Å²) in [6, 6.07) is 9.77. The third-order valence-corrected chi connectivity index (χ3v) is 2.75. The van der Waals surface area contributed by atoms with E-state index in [1.807, 2.05) is 6.07 Å². The summed E-state index contributed by atoms with van der Waals surface area (Å²) < 4.78 is 12.8. The fraction of sp³-hybridized carbons (Fsp3) is 0.214. The van der Waals surface area contributed by atoms with Crippen molar-refractivity contribution in [1.29, 1.82) is 0 Å². The number of rotatable bonds is 3. The molecule has 1 unspecified atom stereocenters. The van der Waals surface area contributed by atoms with Crippen LogP contribution in [0.15, 0.2) is 48.8 Å². The van der Waals surface area contributed by atoms with Crippen LogP contribution in [0.1, 0.15) is 18.1 Å². The second-order valence-electron chi connectivity index (χ2n) is 4.32. The highest BCUT2D eigenvalue weighted by molar-refractivity contribution is 5.24. The highest BCUT2D eigenvalue weighted by atomic mass is 19.1. The molecule has 0 saturated heterocycles. The van der Waals surface area contributed by atoms with E-state index in [1.165, 1.54) is 12.1 Å². The summed E-state index contributed by atoms with van der Waals surface area (Å²) in [6.45, 7) is 1.73. The van der Waals surface area contributed by atoms with Crippen LogP contribution in [0.2, 0.25) is 0 Å². The van der Waals surface area contributed by atoms with Gasteiger partial charge in [0, 0.05) is 24.4 Å². The Kier molecular flexibility index (Phi) is 3.20. The van der Waals surface area contributed by atoms with Crippen LogP contribution in [-0.2, 0) is 12.0 Å². The van der Waals surface area contributed by atoms with E-state index >= 15 is 0 Å². The van der Waals surface area contributed by atoms with Crippen molar-refractivity contribution >= 4 is 0 Å². The van der Waals surface area contributed by atoms with Crippen LogP contribution in [0, 0.1) is 5.82 Å². The van der Waals surface area contributed by atoms with Gasteiger partial charge in [0.2, 0.25) is 0 Å². The Morgan fingerprint density at radius 1 is 1.24 bits per heavy atom. The molecular weight excluding hydrogens is 217 g/mol. The molecule has 0 spiro atoms. The number of nitrogens with zero attached hydrogens (tertiary/aromatic N) is 1. The topological polar surface area (TPSA) is 33.1 Å². The number of aliphatic hydroxyl groups is 1. The van der Waals surface area contributed by atoms with Gasteiger partial charge in [0.05, 0.1) is 5.60 Å². The number of hydrogen-bond donors (Lipinski definition) is 1. The van der Waals surface area contributed by atoms with E-state index in [4.69, 9.17) is 0 Å². The van der Waals surface area contributed by atoms with Crippen molar-refractivity contribution in [1.82, 2.24) is 4.98 Å². The summed E-state index contributed by atoms with van der Waals surface area (Å²) in [6.07, 6.45) is 3.74. The highest BCUT2D eigenvalue weighted by Gasteiger charge is 2.23. The molecule has 2 nitrogen and oxygen atoms in total. The van der Waals surface area contributed by atoms with Crippen molar-refractivity contribution < 1.29 is 9.50 Å². The summed E-state index contributed by atoms with van der Waals surface area (Å²) in [5, 5.41) is 10.4. The van der Waals surface area contributed by atoms with Gasteiger partial charge in [0.15, 0.2) is 0 Å². The minimum absolute atomic E-state index is 0.269. The maximum absolute atomic E-state index is 12.8. The number of benzene rings is 1. The maximum atomic E-state index is 12.8. The van der Waals surface area contributed by atoms with Gasteiger partial charge in [0.25, 0.3) is 0 Å². The molecule has 1 N–H and O–H groups in total. The quantitative estimate of drug-likeness (QED) is 0.881. The van der Waals surface area contributed by atoms with E-state index in [9.17, 15) is 9.50 Å². The van der Waals surface area contributed by atoms with Gasteiger partial charge < -0.3 is 5.11 Å². The SMILES string of the molecule is CC(O)(Cc1ccc(F)cc1)c1cccnc1. The average molecular weight is 231 g/mol. The van der Waals surface area contributed by atoms with E-state index in [0.29, 0.717) is 6.42 Å². The molecule has 0 aliphatic heterocycles. The van der Waals surface area contributed by atoms with Crippen LogP contribution in [0.3, 0.4) is 0 Å². The molecule has 2 aromatic rings. The van der Waals surface area contributed by atoms with Crippen molar-refractivity contribution in [2.45, 2.75) is 18.9 Å². The van der Waals surface area contributed by atoms with Gasteiger partial charge in [-0.25, -0.2) is 4.39 Å². The fourth-order valence-electron chi connectivity index (χ4n) is 1.78. The Bertz CT molecular complexity index is 479. The lowest BCUT2D eigenvalue weighted by molar-refractivity contribution is 0.0572. The van der Waals surface area contributed by atoms with Crippen molar-refractivity contribution in [3.63, 3.8) is 0 Å². The lowest BCUT2D eigenvalue weighted by Gasteiger charge is -2.23. The van der Waals surface area contributed by atoms with Crippen LogP contribution in [0.4, 0.5) is 4.39 Å². The molecule has 88 valence electrons. The van der Waals surface area contributed by atoms with Crippen molar-refractivity contribution in [2.75, 3.05) is 0 Å². The Hall–Kier alpha value is -1.74. The predicted octanol–water partition coefficient (Wildman–Crippen LogP) is 2.67. The lowest BCUT2D eigenvalue weighted by Crippen LogP contribution is -2.24. The third-order valence-electron chi connectivity index (χ3n) is 2.75. The van der Waals surface area contributed by atoms with E-state index in [-0.39, 0.29) is 5.82 Å². The molecule has 0 radical (unpaired) electrons. The first-order chi connectivity index (χ1) is 8.08. The molecule has 2 rings (SSSR count). The first kappa shape index (κ1) is 11.7. The first-order valence-corrected chi connectivity index (χ1v) is 5.45. The summed E-state index contributed by atoms with van der Waals surface area (Å²) >= 11 is 0. The molecule has 1 aromatic heterocycles. The number of aromatic nitrogens is 1. The molecule has 0 aliphatic carbocycles. The van der Waals surface area contributed by atoms with Crippen LogP contribution >= 0.6 is 0 Å². The number of halogens is 1. The Labute approximate surface area is 99.8 Å². The minimum atomic E-state index is -0.994. The Balaban J connectivity index is 2.20. The van der Waals surface area contributed by atoms with E-state index in [0.717, 1.165) is 11.1 Å². The van der Waals surface area contributed by atoms with Gasteiger partial charge in [-0.15, -0.1) is 0 Å². The first-order valence-electron chi connectivity index (χ1n) is 5.45. The summed E-state index contributed by atoms with van der Waals surface area (Å²) in [5.74, 6) is -0.269. The second kappa shape index (κ2) is 4.63. The molecule has 1 heterocycles. The number of pyridine rings is 1. The largest absolute Gasteiger partial charge is 0.385 e. The summed E-state index contributed by atoms with van der Waals surface area (Å²) in [4.78, 5) is 3.99. The molecule has 0 aliphatic rings. The molecule has 17 heavy (non-hydrogen) atoms. The number of hydrogen-bond acceptors (Lipinski definition) is 2. The zero-order chi connectivity index (χ0) is 12.3. The highest BCUT2D eigenvalue weighted by Crippen LogP contribution is 2.24. The molecule has 1 aromatic carbocycles. The van der Waals surface area contributed by atoms with Crippen molar-refractivity contribution in [3.05, 3.63) is 65.7 Å². The smallest absolute Gasteiger partial charge is 0.123 e. The maximum Gasteiger partial charge on any atom is 0.123 e. The molecule has 0 amide bonds. The van der Waals surface area contributed by atoms with Crippen LogP contribution in [-0.4, -0.2) is 10.1 Å². The molecule has 0 saturated carbocycles. The second-order valence-corrected chi connectivity index (χ2v) is 4.32. The van der Waals surface area contributed by atoms with E-state index in [1.54, 1.807) is 37.5 Å².